The first-order valence-corrected chi connectivity index (χ1v) is 8.04. The van der Waals surface area contributed by atoms with Gasteiger partial charge in [0.2, 0.25) is 5.79 Å². The van der Waals surface area contributed by atoms with E-state index in [0.29, 0.717) is 30.0 Å². The number of Topliss-reactive ketones (excluding diaryl/α,β-unsaturated/α-hetero) is 1. The van der Waals surface area contributed by atoms with Gasteiger partial charge in [0, 0.05) is 13.0 Å². The van der Waals surface area contributed by atoms with Crippen molar-refractivity contribution in [1.29, 1.82) is 0 Å². The lowest BCUT2D eigenvalue weighted by atomic mass is 9.62. The number of likely N-dealkylation sites (N-methyl/N-ethyl adjacent to an activating group) is 1. The number of aliphatic hydroxyl groups is 3. The van der Waals surface area contributed by atoms with Gasteiger partial charge in [-0.2, -0.15) is 0 Å². The van der Waals surface area contributed by atoms with Crippen LogP contribution in [0.5, 0.6) is 11.5 Å². The molecule has 1 aromatic carbocycles. The number of carbonyl (C=O) groups excluding carboxylic acids is 1. The normalized spacial score (nSPS) is 38.9. The number of likely N-dealkylation sites (tertiary alicyclic amines) is 1. The van der Waals surface area contributed by atoms with Crippen LogP contribution < -0.4 is 9.47 Å². The van der Waals surface area contributed by atoms with Crippen molar-refractivity contribution in [3.63, 3.8) is 0 Å². The number of carbonyl (C=O) groups is 1. The molecule has 0 aromatic heterocycles. The lowest BCUT2D eigenvalue weighted by Gasteiger charge is -2.43. The third kappa shape index (κ3) is 1.71. The lowest BCUT2D eigenvalue weighted by Crippen LogP contribution is -2.65. The van der Waals surface area contributed by atoms with Crippen LogP contribution in [0.2, 0.25) is 0 Å². The van der Waals surface area contributed by atoms with Crippen molar-refractivity contribution in [2.24, 2.45) is 0 Å². The maximum Gasteiger partial charge on any atom is 0.279 e. The highest BCUT2D eigenvalue weighted by Gasteiger charge is 2.91. The van der Waals surface area contributed by atoms with Gasteiger partial charge in [-0.25, -0.2) is 0 Å². The van der Waals surface area contributed by atoms with Gasteiger partial charge in [-0.15, -0.1) is 0 Å². The minimum Gasteiger partial charge on any atom is -0.493 e. The largest absolute Gasteiger partial charge is 0.493 e. The van der Waals surface area contributed by atoms with E-state index in [4.69, 9.17) is 14.2 Å². The van der Waals surface area contributed by atoms with Crippen molar-refractivity contribution in [2.45, 2.75) is 35.6 Å². The van der Waals surface area contributed by atoms with E-state index in [0.717, 1.165) is 0 Å². The summed E-state index contributed by atoms with van der Waals surface area (Å²) in [6.45, 7) is 0.528. The fraction of sp³-hybridized carbons (Fsp3) is 0.588. The molecule has 3 unspecified atom stereocenters. The van der Waals surface area contributed by atoms with Gasteiger partial charge in [-0.05, 0) is 31.2 Å². The zero-order valence-corrected chi connectivity index (χ0v) is 14.3. The Morgan fingerprint density at radius 1 is 1.16 bits per heavy atom. The van der Waals surface area contributed by atoms with E-state index in [-0.39, 0.29) is 6.42 Å². The highest BCUT2D eigenvalue weighted by molar-refractivity contribution is 5.97. The number of ether oxygens (including phenoxy) is 3. The molecule has 2 aliphatic heterocycles. The van der Waals surface area contributed by atoms with Gasteiger partial charge in [-0.3, -0.25) is 9.69 Å². The molecule has 0 radical (unpaired) electrons. The molecule has 1 spiro atoms. The van der Waals surface area contributed by atoms with Crippen LogP contribution in [0, 0.1) is 0 Å². The van der Waals surface area contributed by atoms with Crippen LogP contribution in [0.4, 0.5) is 0 Å². The van der Waals surface area contributed by atoms with Crippen molar-refractivity contribution < 1.29 is 34.3 Å². The highest BCUT2D eigenvalue weighted by Crippen LogP contribution is 2.70. The van der Waals surface area contributed by atoms with Gasteiger partial charge in [0.15, 0.2) is 17.2 Å². The molecule has 1 saturated carbocycles. The van der Waals surface area contributed by atoms with Gasteiger partial charge >= 0.3 is 0 Å². The van der Waals surface area contributed by atoms with E-state index in [9.17, 15) is 20.1 Å². The number of benzene rings is 1. The average molecular weight is 351 g/mol. The lowest BCUT2D eigenvalue weighted by molar-refractivity contribution is -0.215. The van der Waals surface area contributed by atoms with E-state index in [1.165, 1.54) is 14.2 Å². The molecule has 3 fully saturated rings. The number of nitrogens with zero attached hydrogens (tertiary/aromatic N) is 1. The summed E-state index contributed by atoms with van der Waals surface area (Å²) in [5, 5.41) is 31.3. The Morgan fingerprint density at radius 2 is 1.84 bits per heavy atom. The second-order valence-electron chi connectivity index (χ2n) is 7.04. The van der Waals surface area contributed by atoms with E-state index >= 15 is 0 Å². The Balaban J connectivity index is 1.92. The third-order valence-corrected chi connectivity index (χ3v) is 5.93. The second kappa shape index (κ2) is 4.72. The van der Waals surface area contributed by atoms with E-state index in [1.54, 1.807) is 30.1 Å². The molecule has 1 aliphatic carbocycles. The predicted molar refractivity (Wildman–Crippen MR) is 84.0 cm³/mol. The van der Waals surface area contributed by atoms with Crippen LogP contribution in [0.3, 0.4) is 0 Å². The Labute approximate surface area is 144 Å². The maximum absolute atomic E-state index is 12.3. The number of hydrogen-bond donors (Lipinski definition) is 3. The molecule has 2 saturated heterocycles. The smallest absolute Gasteiger partial charge is 0.279 e. The number of hydrogen-bond acceptors (Lipinski definition) is 8. The minimum absolute atomic E-state index is 0.277. The van der Waals surface area contributed by atoms with Crippen molar-refractivity contribution in [3.05, 3.63) is 23.8 Å². The number of methoxy groups -OCH3 is 2. The van der Waals surface area contributed by atoms with Crippen LogP contribution in [-0.4, -0.2) is 71.1 Å². The molecule has 3 atom stereocenters. The third-order valence-electron chi connectivity index (χ3n) is 5.93. The zero-order chi connectivity index (χ0) is 18.3. The van der Waals surface area contributed by atoms with E-state index in [1.807, 2.05) is 0 Å². The highest BCUT2D eigenvalue weighted by atomic mass is 16.8. The maximum atomic E-state index is 12.3. The summed E-state index contributed by atoms with van der Waals surface area (Å²) in [4.78, 5) is 14.1. The van der Waals surface area contributed by atoms with Gasteiger partial charge in [0.25, 0.3) is 11.6 Å². The minimum atomic E-state index is -2.67. The molecule has 2 heterocycles. The summed E-state index contributed by atoms with van der Waals surface area (Å²) >= 11 is 0. The molecule has 3 aliphatic rings. The zero-order valence-electron chi connectivity index (χ0n) is 14.3. The second-order valence-corrected chi connectivity index (χ2v) is 7.04. The standard InChI is InChI=1S/C17H21NO7/c1-18-7-6-14(10-4-5-11(23-2)12(8-10)24-3)9-15(20,21)13(19)16(22)17(14,18)25-16/h4-5,8,20-22H,6-7,9H2,1-3H3. The van der Waals surface area contributed by atoms with E-state index < -0.39 is 28.5 Å². The van der Waals surface area contributed by atoms with Crippen LogP contribution in [-0.2, 0) is 14.9 Å². The van der Waals surface area contributed by atoms with Crippen molar-refractivity contribution in [3.8, 4) is 11.5 Å². The SMILES string of the molecule is COc1ccc(C23CCN(C)C24OC4(O)C(=O)C(O)(O)C3)cc1OC. The molecule has 8 nitrogen and oxygen atoms in total. The summed E-state index contributed by atoms with van der Waals surface area (Å²) < 4.78 is 16.2. The molecule has 25 heavy (non-hydrogen) atoms. The molecular weight excluding hydrogens is 330 g/mol. The van der Waals surface area contributed by atoms with Gasteiger partial charge in [0.05, 0.1) is 19.6 Å². The van der Waals surface area contributed by atoms with Crippen LogP contribution in [0.15, 0.2) is 18.2 Å². The topological polar surface area (TPSA) is 112 Å². The van der Waals surface area contributed by atoms with Gasteiger partial charge in [0.1, 0.15) is 0 Å². The molecule has 136 valence electrons. The van der Waals surface area contributed by atoms with Gasteiger partial charge < -0.3 is 29.5 Å². The van der Waals surface area contributed by atoms with Crippen molar-refractivity contribution >= 4 is 5.78 Å². The first kappa shape index (κ1) is 16.7. The number of rotatable bonds is 3. The van der Waals surface area contributed by atoms with Crippen molar-refractivity contribution in [2.75, 3.05) is 27.8 Å². The van der Waals surface area contributed by atoms with Crippen molar-refractivity contribution in [1.82, 2.24) is 4.90 Å². The Morgan fingerprint density at radius 3 is 2.48 bits per heavy atom. The molecule has 3 N–H and O–H groups in total. The van der Waals surface area contributed by atoms with Crippen LogP contribution >= 0.6 is 0 Å². The quantitative estimate of drug-likeness (QED) is 0.486. The van der Waals surface area contributed by atoms with E-state index in [2.05, 4.69) is 0 Å². The summed E-state index contributed by atoms with van der Waals surface area (Å²) in [6.07, 6.45) is 0.207. The fourth-order valence-corrected chi connectivity index (χ4v) is 4.75. The molecule has 0 amide bonds. The first-order chi connectivity index (χ1) is 11.7. The molecule has 0 bridgehead atoms. The van der Waals surface area contributed by atoms with Crippen LogP contribution in [0.1, 0.15) is 18.4 Å². The molecule has 1 aromatic rings. The Hall–Kier alpha value is -1.71. The number of ketones is 1. The summed E-state index contributed by atoms with van der Waals surface area (Å²) in [5.41, 5.74) is -1.61. The molecule has 8 heteroatoms. The summed E-state index contributed by atoms with van der Waals surface area (Å²) in [7, 11) is 4.78. The predicted octanol–water partition coefficient (Wildman–Crippen LogP) is -0.654. The molecular formula is C17H21NO7. The Kier molecular flexibility index (Phi) is 3.16. The first-order valence-electron chi connectivity index (χ1n) is 8.04. The van der Waals surface area contributed by atoms with Gasteiger partial charge in [-0.1, -0.05) is 6.07 Å². The molecule has 4 rings (SSSR count). The summed E-state index contributed by atoms with van der Waals surface area (Å²) in [6, 6.07) is 5.22. The fourth-order valence-electron chi connectivity index (χ4n) is 4.75. The Bertz CT molecular complexity index is 765. The number of epoxide rings is 1. The van der Waals surface area contributed by atoms with Crippen LogP contribution in [0.25, 0.3) is 0 Å². The monoisotopic (exact) mass is 351 g/mol. The average Bonchev–Trinajstić information content (AvgIpc) is 3.16. The summed E-state index contributed by atoms with van der Waals surface area (Å²) in [5.74, 6) is -5.03.